The van der Waals surface area contributed by atoms with Gasteiger partial charge in [-0.3, -0.25) is 4.79 Å². The van der Waals surface area contributed by atoms with Crippen LogP contribution in [0, 0.1) is 17.2 Å². The fraction of sp³-hybridized carbons (Fsp3) is 0.357. The first kappa shape index (κ1) is 14.7. The zero-order valence-electron chi connectivity index (χ0n) is 11.1. The number of carbonyl (C=O) groups is 1. The minimum absolute atomic E-state index is 0.195. The number of benzene rings is 1. The topological polar surface area (TPSA) is 74.5 Å². The van der Waals surface area contributed by atoms with Crippen LogP contribution in [0.4, 0.5) is 0 Å². The van der Waals surface area contributed by atoms with E-state index < -0.39 is 5.91 Å². The third-order valence-corrected chi connectivity index (χ3v) is 2.11. The molecule has 0 aromatic heterocycles. The highest BCUT2D eigenvalue weighted by Gasteiger charge is 1.98. The molecule has 0 unspecified atom stereocenters. The van der Waals surface area contributed by atoms with Crippen LogP contribution < -0.4 is 10.2 Å². The molecule has 0 saturated heterocycles. The highest BCUT2D eigenvalue weighted by atomic mass is 16.5. The fourth-order valence-corrected chi connectivity index (χ4v) is 1.20. The average Bonchev–Trinajstić information content (AvgIpc) is 2.38. The Hall–Kier alpha value is -2.35. The summed E-state index contributed by atoms with van der Waals surface area (Å²) >= 11 is 0. The molecule has 0 atom stereocenters. The number of amides is 1. The van der Waals surface area contributed by atoms with Gasteiger partial charge in [-0.25, -0.2) is 5.43 Å². The van der Waals surface area contributed by atoms with Gasteiger partial charge in [0.1, 0.15) is 12.2 Å². The van der Waals surface area contributed by atoms with E-state index in [-0.39, 0.29) is 6.42 Å². The molecular formula is C14H17N3O2. The van der Waals surface area contributed by atoms with Crippen molar-refractivity contribution in [3.8, 4) is 11.8 Å². The number of nitriles is 1. The van der Waals surface area contributed by atoms with Crippen LogP contribution in [0.5, 0.6) is 5.75 Å². The summed E-state index contributed by atoms with van der Waals surface area (Å²) in [6.45, 7) is 4.85. The van der Waals surface area contributed by atoms with Gasteiger partial charge in [0.2, 0.25) is 0 Å². The maximum absolute atomic E-state index is 11.0. The van der Waals surface area contributed by atoms with Crippen LogP contribution in [0.3, 0.4) is 0 Å². The molecule has 1 amide bonds. The summed E-state index contributed by atoms with van der Waals surface area (Å²) < 4.78 is 5.55. The van der Waals surface area contributed by atoms with Crippen molar-refractivity contribution in [2.45, 2.75) is 20.3 Å². The van der Waals surface area contributed by atoms with Crippen LogP contribution in [-0.4, -0.2) is 18.7 Å². The molecule has 1 rings (SSSR count). The molecule has 0 bridgehead atoms. The first-order valence-electron chi connectivity index (χ1n) is 6.03. The van der Waals surface area contributed by atoms with Gasteiger partial charge in [-0.2, -0.15) is 10.4 Å². The van der Waals surface area contributed by atoms with E-state index in [1.807, 2.05) is 24.3 Å². The Morgan fingerprint density at radius 3 is 2.74 bits per heavy atom. The standard InChI is InChI=1S/C14H17N3O2/c1-11(2)10-19-13-5-3-12(4-6-13)9-16-17-14(18)7-8-15/h3-6,9,11H,7,10H2,1-2H3,(H,17,18). The van der Waals surface area contributed by atoms with Gasteiger partial charge in [0.25, 0.3) is 5.91 Å². The molecule has 100 valence electrons. The molecule has 0 radical (unpaired) electrons. The van der Waals surface area contributed by atoms with E-state index in [0.717, 1.165) is 11.3 Å². The minimum atomic E-state index is -0.421. The normalized spacial score (nSPS) is 10.4. The van der Waals surface area contributed by atoms with Crippen LogP contribution >= 0.6 is 0 Å². The smallest absolute Gasteiger partial charge is 0.254 e. The minimum Gasteiger partial charge on any atom is -0.493 e. The average molecular weight is 259 g/mol. The lowest BCUT2D eigenvalue weighted by atomic mass is 10.2. The third-order valence-electron chi connectivity index (χ3n) is 2.11. The SMILES string of the molecule is CC(C)COc1ccc(C=NNC(=O)CC#N)cc1. The first-order valence-corrected chi connectivity index (χ1v) is 6.03. The number of nitrogens with one attached hydrogen (secondary N) is 1. The van der Waals surface area contributed by atoms with E-state index in [1.165, 1.54) is 6.21 Å². The number of rotatable bonds is 6. The Labute approximate surface area is 112 Å². The van der Waals surface area contributed by atoms with E-state index in [0.29, 0.717) is 12.5 Å². The monoisotopic (exact) mass is 259 g/mol. The summed E-state index contributed by atoms with van der Waals surface area (Å²) in [7, 11) is 0. The van der Waals surface area contributed by atoms with Crippen LogP contribution in [0.1, 0.15) is 25.8 Å². The first-order chi connectivity index (χ1) is 9.11. The van der Waals surface area contributed by atoms with Gasteiger partial charge in [-0.05, 0) is 35.7 Å². The highest BCUT2D eigenvalue weighted by molar-refractivity contribution is 5.83. The van der Waals surface area contributed by atoms with Crippen LogP contribution in [0.2, 0.25) is 0 Å². The Morgan fingerprint density at radius 2 is 2.16 bits per heavy atom. The van der Waals surface area contributed by atoms with Crippen molar-refractivity contribution >= 4 is 12.1 Å². The molecule has 5 heteroatoms. The van der Waals surface area contributed by atoms with E-state index in [1.54, 1.807) is 6.07 Å². The van der Waals surface area contributed by atoms with Gasteiger partial charge in [0.15, 0.2) is 0 Å². The van der Waals surface area contributed by atoms with E-state index in [4.69, 9.17) is 10.00 Å². The summed E-state index contributed by atoms with van der Waals surface area (Å²) in [5.41, 5.74) is 3.11. The summed E-state index contributed by atoms with van der Waals surface area (Å²) in [5.74, 6) is 0.867. The molecule has 1 aromatic carbocycles. The molecule has 0 fully saturated rings. The summed E-state index contributed by atoms with van der Waals surface area (Å²) in [6, 6.07) is 9.13. The number of hydrazone groups is 1. The molecule has 0 aliphatic rings. The fourth-order valence-electron chi connectivity index (χ4n) is 1.20. The quantitative estimate of drug-likeness (QED) is 0.628. The van der Waals surface area contributed by atoms with Crippen LogP contribution in [-0.2, 0) is 4.79 Å². The second kappa shape index (κ2) is 7.88. The lowest BCUT2D eigenvalue weighted by molar-refractivity contribution is -0.120. The summed E-state index contributed by atoms with van der Waals surface area (Å²) in [5, 5.41) is 12.0. The van der Waals surface area contributed by atoms with Crippen LogP contribution in [0.25, 0.3) is 0 Å². The van der Waals surface area contributed by atoms with Gasteiger partial charge in [0.05, 0.1) is 18.9 Å². The molecule has 0 aliphatic heterocycles. The molecule has 0 spiro atoms. The summed E-state index contributed by atoms with van der Waals surface area (Å²) in [4.78, 5) is 11.0. The Balaban J connectivity index is 2.46. The molecular weight excluding hydrogens is 242 g/mol. The van der Waals surface area contributed by atoms with Crippen LogP contribution in [0.15, 0.2) is 29.4 Å². The lowest BCUT2D eigenvalue weighted by Crippen LogP contribution is -2.16. The predicted octanol–water partition coefficient (Wildman–Crippen LogP) is 2.09. The Morgan fingerprint density at radius 1 is 1.47 bits per heavy atom. The van der Waals surface area contributed by atoms with Crippen molar-refractivity contribution in [3.63, 3.8) is 0 Å². The van der Waals surface area contributed by atoms with Gasteiger partial charge in [0, 0.05) is 0 Å². The Kier molecular flexibility index (Phi) is 6.10. The number of nitrogens with zero attached hydrogens (tertiary/aromatic N) is 2. The van der Waals surface area contributed by atoms with Crippen molar-refractivity contribution in [3.05, 3.63) is 29.8 Å². The van der Waals surface area contributed by atoms with Crippen molar-refractivity contribution in [2.24, 2.45) is 11.0 Å². The molecule has 0 aliphatic carbocycles. The second-order valence-electron chi connectivity index (χ2n) is 4.40. The summed E-state index contributed by atoms with van der Waals surface area (Å²) in [6.07, 6.45) is 1.32. The van der Waals surface area contributed by atoms with Gasteiger partial charge in [-0.1, -0.05) is 13.8 Å². The zero-order chi connectivity index (χ0) is 14.1. The number of carbonyl (C=O) groups excluding carboxylic acids is 1. The second-order valence-corrected chi connectivity index (χ2v) is 4.40. The van der Waals surface area contributed by atoms with Crippen molar-refractivity contribution in [1.29, 1.82) is 5.26 Å². The highest BCUT2D eigenvalue weighted by Crippen LogP contribution is 2.12. The van der Waals surface area contributed by atoms with Crippen molar-refractivity contribution in [1.82, 2.24) is 5.43 Å². The molecule has 1 N–H and O–H groups in total. The largest absolute Gasteiger partial charge is 0.493 e. The molecule has 0 heterocycles. The number of hydrogen-bond donors (Lipinski definition) is 1. The predicted molar refractivity (Wildman–Crippen MR) is 72.7 cm³/mol. The Bertz CT molecular complexity index is 472. The number of ether oxygens (including phenoxy) is 1. The van der Waals surface area contributed by atoms with Crippen molar-refractivity contribution in [2.75, 3.05) is 6.61 Å². The molecule has 1 aromatic rings. The van der Waals surface area contributed by atoms with Gasteiger partial charge < -0.3 is 4.74 Å². The maximum Gasteiger partial charge on any atom is 0.254 e. The molecule has 0 saturated carbocycles. The van der Waals surface area contributed by atoms with E-state index in [9.17, 15) is 4.79 Å². The maximum atomic E-state index is 11.0. The van der Waals surface area contributed by atoms with E-state index >= 15 is 0 Å². The third kappa shape index (κ3) is 6.22. The van der Waals surface area contributed by atoms with Gasteiger partial charge in [-0.15, -0.1) is 0 Å². The van der Waals surface area contributed by atoms with Gasteiger partial charge >= 0.3 is 0 Å². The molecule has 5 nitrogen and oxygen atoms in total. The lowest BCUT2D eigenvalue weighted by Gasteiger charge is -2.08. The van der Waals surface area contributed by atoms with E-state index in [2.05, 4.69) is 24.4 Å². The zero-order valence-corrected chi connectivity index (χ0v) is 11.1. The number of hydrogen-bond acceptors (Lipinski definition) is 4. The van der Waals surface area contributed by atoms with Crippen molar-refractivity contribution < 1.29 is 9.53 Å². The molecule has 19 heavy (non-hydrogen) atoms.